The van der Waals surface area contributed by atoms with E-state index in [2.05, 4.69) is 10.2 Å². The molecule has 0 fully saturated rings. The zero-order chi connectivity index (χ0) is 16.4. The first kappa shape index (κ1) is 15.4. The molecule has 0 radical (unpaired) electrons. The molecule has 0 N–H and O–H groups in total. The van der Waals surface area contributed by atoms with E-state index in [1.807, 2.05) is 24.3 Å². The van der Waals surface area contributed by atoms with Crippen molar-refractivity contribution >= 4 is 23.7 Å². The second-order valence-electron chi connectivity index (χ2n) is 4.68. The van der Waals surface area contributed by atoms with Gasteiger partial charge in [-0.2, -0.15) is 0 Å². The van der Waals surface area contributed by atoms with Gasteiger partial charge >= 0.3 is 0 Å². The number of hydrogen-bond donors (Lipinski definition) is 0. The van der Waals surface area contributed by atoms with Crippen molar-refractivity contribution in [1.82, 2.24) is 14.8 Å². The van der Waals surface area contributed by atoms with Crippen LogP contribution in [0.5, 0.6) is 17.2 Å². The molecule has 1 aliphatic heterocycles. The van der Waals surface area contributed by atoms with E-state index >= 15 is 0 Å². The van der Waals surface area contributed by atoms with Crippen LogP contribution in [0.15, 0.2) is 29.7 Å². The van der Waals surface area contributed by atoms with E-state index in [-0.39, 0.29) is 11.2 Å². The van der Waals surface area contributed by atoms with Crippen molar-refractivity contribution in [2.75, 3.05) is 21.3 Å². The number of aromatic nitrogens is 3. The zero-order valence-corrected chi connectivity index (χ0v) is 13.7. The molecule has 1 aromatic carbocycles. The molecule has 120 valence electrons. The topological polar surface area (TPSA) is 75.5 Å². The number of methoxy groups -OCH3 is 3. The predicted molar refractivity (Wildman–Crippen MR) is 85.4 cm³/mol. The van der Waals surface area contributed by atoms with Crippen LogP contribution < -0.4 is 14.2 Å². The maximum Gasteiger partial charge on any atom is 0.251 e. The molecule has 1 atom stereocenters. The fraction of sp³-hybridized carbons (Fsp3) is 0.267. The summed E-state index contributed by atoms with van der Waals surface area (Å²) in [6, 6.07) is 3.64. The van der Waals surface area contributed by atoms with E-state index < -0.39 is 0 Å². The minimum atomic E-state index is -0.320. The van der Waals surface area contributed by atoms with Crippen LogP contribution in [0.4, 0.5) is 0 Å². The Bertz CT molecular complexity index is 747. The Morgan fingerprint density at radius 2 is 1.87 bits per heavy atom. The van der Waals surface area contributed by atoms with E-state index in [0.29, 0.717) is 22.4 Å². The third-order valence-electron chi connectivity index (χ3n) is 3.38. The molecule has 0 saturated carbocycles. The second kappa shape index (κ2) is 6.33. The summed E-state index contributed by atoms with van der Waals surface area (Å²) in [5.41, 5.74) is 0.843. The molecule has 7 nitrogen and oxygen atoms in total. The molecule has 1 unspecified atom stereocenters. The summed E-state index contributed by atoms with van der Waals surface area (Å²) in [7, 11) is 4.68. The van der Waals surface area contributed by atoms with E-state index in [9.17, 15) is 4.79 Å². The maximum absolute atomic E-state index is 12.2. The third-order valence-corrected chi connectivity index (χ3v) is 4.48. The average Bonchev–Trinajstić information content (AvgIpc) is 3.15. The number of benzene rings is 1. The van der Waals surface area contributed by atoms with Crippen LogP contribution in [0.2, 0.25) is 0 Å². The summed E-state index contributed by atoms with van der Waals surface area (Å²) in [5.74, 6) is 1.60. The number of hydrogen-bond acceptors (Lipinski definition) is 7. The largest absolute Gasteiger partial charge is 0.493 e. The monoisotopic (exact) mass is 333 g/mol. The lowest BCUT2D eigenvalue weighted by atomic mass is 10.1. The first-order valence-electron chi connectivity index (χ1n) is 6.77. The maximum atomic E-state index is 12.2. The number of thioether (sulfide) groups is 1. The van der Waals surface area contributed by atoms with Gasteiger partial charge in [0, 0.05) is 0 Å². The molecule has 23 heavy (non-hydrogen) atoms. The molecular weight excluding hydrogens is 318 g/mol. The van der Waals surface area contributed by atoms with Gasteiger partial charge < -0.3 is 14.2 Å². The van der Waals surface area contributed by atoms with E-state index in [1.165, 1.54) is 22.7 Å². The molecule has 0 bridgehead atoms. The number of fused-ring (bicyclic) bond motifs is 1. The summed E-state index contributed by atoms with van der Waals surface area (Å²) < 4.78 is 17.4. The molecule has 8 heteroatoms. The van der Waals surface area contributed by atoms with Crippen molar-refractivity contribution in [1.29, 1.82) is 0 Å². The normalized spacial score (nSPS) is 16.7. The third kappa shape index (κ3) is 2.77. The van der Waals surface area contributed by atoms with E-state index in [1.54, 1.807) is 21.3 Å². The van der Waals surface area contributed by atoms with E-state index in [0.717, 1.165) is 5.56 Å². The summed E-state index contributed by atoms with van der Waals surface area (Å²) in [6.45, 7) is 0. The van der Waals surface area contributed by atoms with Crippen LogP contribution in [-0.4, -0.2) is 47.3 Å². The fourth-order valence-electron chi connectivity index (χ4n) is 2.27. The summed E-state index contributed by atoms with van der Waals surface area (Å²) in [5, 5.41) is 7.89. The van der Waals surface area contributed by atoms with Gasteiger partial charge in [0.05, 0.1) is 21.3 Å². The number of ether oxygens (including phenoxy) is 3. The first-order valence-corrected chi connectivity index (χ1v) is 7.65. The van der Waals surface area contributed by atoms with Gasteiger partial charge in [-0.15, -0.1) is 10.2 Å². The number of nitrogens with zero attached hydrogens (tertiary/aromatic N) is 3. The van der Waals surface area contributed by atoms with Gasteiger partial charge in [-0.05, 0) is 17.7 Å². The highest BCUT2D eigenvalue weighted by Crippen LogP contribution is 2.39. The van der Waals surface area contributed by atoms with Gasteiger partial charge in [0.2, 0.25) is 5.75 Å². The minimum Gasteiger partial charge on any atom is -0.493 e. The van der Waals surface area contributed by atoms with Crippen molar-refractivity contribution in [3.05, 3.63) is 30.1 Å². The predicted octanol–water partition coefficient (Wildman–Crippen LogP) is 2.13. The lowest BCUT2D eigenvalue weighted by Crippen LogP contribution is -2.14. The Kier molecular flexibility index (Phi) is 4.24. The molecule has 0 amide bonds. The highest BCUT2D eigenvalue weighted by atomic mass is 32.2. The molecular formula is C15H15N3O4S. The Morgan fingerprint density at radius 1 is 1.17 bits per heavy atom. The van der Waals surface area contributed by atoms with Gasteiger partial charge in [-0.25, -0.2) is 4.57 Å². The molecule has 2 aromatic rings. The summed E-state index contributed by atoms with van der Waals surface area (Å²) >= 11 is 1.36. The standard InChI is InChI=1S/C15H15N3O4S/c1-20-10-6-9(7-11(21-2)13(10)22-3)4-5-12-14(19)18-8-16-17-15(18)23-12/h4-8,12H,1-3H3/b5-4-. The van der Waals surface area contributed by atoms with E-state index in [4.69, 9.17) is 14.2 Å². The molecule has 0 saturated heterocycles. The quantitative estimate of drug-likeness (QED) is 0.829. The van der Waals surface area contributed by atoms with Crippen molar-refractivity contribution in [3.63, 3.8) is 0 Å². The zero-order valence-electron chi connectivity index (χ0n) is 12.8. The average molecular weight is 333 g/mol. The Hall–Kier alpha value is -2.48. The van der Waals surface area contributed by atoms with Crippen LogP contribution in [-0.2, 0) is 0 Å². The number of rotatable bonds is 5. The fourth-order valence-corrected chi connectivity index (χ4v) is 3.22. The van der Waals surface area contributed by atoms with Crippen LogP contribution >= 0.6 is 11.8 Å². The minimum absolute atomic E-state index is 0.0568. The van der Waals surface area contributed by atoms with Crippen molar-refractivity contribution in [2.45, 2.75) is 10.4 Å². The molecule has 1 aromatic heterocycles. The van der Waals surface area contributed by atoms with Crippen LogP contribution in [0.1, 0.15) is 10.4 Å². The SMILES string of the molecule is COc1cc(/C=C\C2Sc3nncn3C2=O)cc(OC)c1OC. The molecule has 3 rings (SSSR count). The van der Waals surface area contributed by atoms with Crippen molar-refractivity contribution in [2.24, 2.45) is 0 Å². The molecule has 0 spiro atoms. The smallest absolute Gasteiger partial charge is 0.251 e. The lowest BCUT2D eigenvalue weighted by molar-refractivity contribution is 0.0921. The van der Waals surface area contributed by atoms with Crippen LogP contribution in [0.3, 0.4) is 0 Å². The van der Waals surface area contributed by atoms with Gasteiger partial charge in [0.15, 0.2) is 16.7 Å². The van der Waals surface area contributed by atoms with Gasteiger partial charge in [-0.1, -0.05) is 23.9 Å². The Labute approximate surface area is 137 Å². The van der Waals surface area contributed by atoms with Gasteiger partial charge in [-0.3, -0.25) is 4.79 Å². The summed E-state index contributed by atoms with van der Waals surface area (Å²) in [4.78, 5) is 12.2. The number of carbonyl (C=O) groups excluding carboxylic acids is 1. The summed E-state index contributed by atoms with van der Waals surface area (Å²) in [6.07, 6.45) is 5.10. The molecule has 1 aliphatic rings. The second-order valence-corrected chi connectivity index (χ2v) is 5.79. The molecule has 0 aliphatic carbocycles. The van der Waals surface area contributed by atoms with Crippen molar-refractivity contribution in [3.8, 4) is 17.2 Å². The molecule has 2 heterocycles. The number of carbonyl (C=O) groups is 1. The highest BCUT2D eigenvalue weighted by Gasteiger charge is 2.30. The lowest BCUT2D eigenvalue weighted by Gasteiger charge is -2.13. The van der Waals surface area contributed by atoms with Crippen molar-refractivity contribution < 1.29 is 19.0 Å². The highest BCUT2D eigenvalue weighted by molar-refractivity contribution is 8.01. The Balaban J connectivity index is 1.86. The Morgan fingerprint density at radius 3 is 2.43 bits per heavy atom. The van der Waals surface area contributed by atoms with Gasteiger partial charge in [0.1, 0.15) is 11.6 Å². The van der Waals surface area contributed by atoms with Gasteiger partial charge in [0.25, 0.3) is 5.91 Å². The van der Waals surface area contributed by atoms with Crippen LogP contribution in [0, 0.1) is 0 Å². The first-order chi connectivity index (χ1) is 11.2. The van der Waals surface area contributed by atoms with Crippen LogP contribution in [0.25, 0.3) is 6.08 Å².